The second kappa shape index (κ2) is 6.24. The highest BCUT2D eigenvalue weighted by atomic mass is 35.5. The van der Waals surface area contributed by atoms with Gasteiger partial charge in [0.25, 0.3) is 0 Å². The van der Waals surface area contributed by atoms with E-state index in [0.717, 1.165) is 5.69 Å². The van der Waals surface area contributed by atoms with Crippen molar-refractivity contribution in [3.63, 3.8) is 0 Å². The maximum absolute atomic E-state index is 10.4. The van der Waals surface area contributed by atoms with E-state index in [-0.39, 0.29) is 11.9 Å². The van der Waals surface area contributed by atoms with Crippen LogP contribution >= 0.6 is 11.6 Å². The average Bonchev–Trinajstić information content (AvgIpc) is 2.15. The summed E-state index contributed by atoms with van der Waals surface area (Å²) in [6.07, 6.45) is 0. The van der Waals surface area contributed by atoms with E-state index in [0.29, 0.717) is 19.0 Å². The van der Waals surface area contributed by atoms with E-state index in [2.05, 4.69) is 15.3 Å². The number of ether oxygens (including phenoxy) is 1. The predicted octanol–water partition coefficient (Wildman–Crippen LogP) is 0.352. The molecule has 0 saturated heterocycles. The van der Waals surface area contributed by atoms with Crippen molar-refractivity contribution in [3.05, 3.63) is 17.0 Å². The van der Waals surface area contributed by atoms with Crippen molar-refractivity contribution in [2.75, 3.05) is 25.1 Å². The number of aromatic nitrogens is 2. The Hall–Kier alpha value is -1.40. The number of hydrogen-bond acceptors (Lipinski definition) is 5. The lowest BCUT2D eigenvalue weighted by molar-refractivity contribution is -0.122. The summed E-state index contributed by atoms with van der Waals surface area (Å²) in [5.74, 6) is 0.140. The minimum atomic E-state index is -0.485. The molecule has 1 rings (SSSR count). The van der Waals surface area contributed by atoms with Gasteiger partial charge in [0.2, 0.25) is 11.2 Å². The first-order chi connectivity index (χ1) is 7.58. The number of carbonyl (C=O) groups is 1. The number of anilines is 1. The Bertz CT molecular complexity index is 352. The fraction of sp³-hybridized carbons (Fsp3) is 0.444. The van der Waals surface area contributed by atoms with E-state index in [4.69, 9.17) is 22.1 Å². The smallest absolute Gasteiger partial charge is 0.243 e. The van der Waals surface area contributed by atoms with Gasteiger partial charge in [-0.15, -0.1) is 0 Å². The molecule has 3 N–H and O–H groups in total. The van der Waals surface area contributed by atoms with Crippen LogP contribution in [-0.2, 0) is 9.53 Å². The lowest BCUT2D eigenvalue weighted by Crippen LogP contribution is -2.20. The van der Waals surface area contributed by atoms with Crippen LogP contribution in [0.3, 0.4) is 0 Å². The summed E-state index contributed by atoms with van der Waals surface area (Å²) in [6, 6.07) is 1.76. The topological polar surface area (TPSA) is 90.1 Å². The van der Waals surface area contributed by atoms with Crippen LogP contribution in [0.4, 0.5) is 5.82 Å². The molecule has 1 heterocycles. The SMILES string of the molecule is Cc1cc(NCCOCC(N)=O)nc(Cl)n1. The Morgan fingerprint density at radius 2 is 2.38 bits per heavy atom. The second-order valence-corrected chi connectivity index (χ2v) is 3.45. The first-order valence-electron chi connectivity index (χ1n) is 4.69. The van der Waals surface area contributed by atoms with Gasteiger partial charge >= 0.3 is 0 Å². The van der Waals surface area contributed by atoms with E-state index in [1.807, 2.05) is 6.92 Å². The molecule has 16 heavy (non-hydrogen) atoms. The highest BCUT2D eigenvalue weighted by Gasteiger charge is 1.99. The van der Waals surface area contributed by atoms with E-state index < -0.39 is 5.91 Å². The van der Waals surface area contributed by atoms with Crippen molar-refractivity contribution < 1.29 is 9.53 Å². The van der Waals surface area contributed by atoms with Gasteiger partial charge in [-0.1, -0.05) is 0 Å². The molecule has 0 atom stereocenters. The van der Waals surface area contributed by atoms with E-state index in [9.17, 15) is 4.79 Å². The fourth-order valence-electron chi connectivity index (χ4n) is 1.05. The van der Waals surface area contributed by atoms with E-state index in [1.165, 1.54) is 0 Å². The van der Waals surface area contributed by atoms with Gasteiger partial charge in [0.1, 0.15) is 12.4 Å². The molecule has 0 aliphatic rings. The maximum Gasteiger partial charge on any atom is 0.243 e. The van der Waals surface area contributed by atoms with Gasteiger partial charge in [0.05, 0.1) is 6.61 Å². The molecule has 1 aromatic heterocycles. The number of nitrogens with zero attached hydrogens (tertiary/aromatic N) is 2. The van der Waals surface area contributed by atoms with Crippen molar-refractivity contribution in [2.45, 2.75) is 6.92 Å². The lowest BCUT2D eigenvalue weighted by Gasteiger charge is -2.06. The van der Waals surface area contributed by atoms with Crippen LogP contribution in [0.2, 0.25) is 5.28 Å². The molecular weight excluding hydrogens is 232 g/mol. The van der Waals surface area contributed by atoms with Crippen LogP contribution in [0.5, 0.6) is 0 Å². The first kappa shape index (κ1) is 12.7. The molecule has 0 radical (unpaired) electrons. The number of rotatable bonds is 6. The molecule has 0 saturated carbocycles. The van der Waals surface area contributed by atoms with Crippen molar-refractivity contribution in [2.24, 2.45) is 5.73 Å². The fourth-order valence-corrected chi connectivity index (χ4v) is 1.27. The molecule has 0 spiro atoms. The zero-order valence-electron chi connectivity index (χ0n) is 8.86. The van der Waals surface area contributed by atoms with Crippen molar-refractivity contribution >= 4 is 23.3 Å². The molecule has 7 heteroatoms. The van der Waals surface area contributed by atoms with Gasteiger partial charge in [-0.05, 0) is 18.5 Å². The molecule has 0 aliphatic carbocycles. The number of halogens is 1. The Labute approximate surface area is 98.2 Å². The number of amides is 1. The third-order valence-corrected chi connectivity index (χ3v) is 1.79. The van der Waals surface area contributed by atoms with Crippen molar-refractivity contribution in [1.82, 2.24) is 9.97 Å². The number of hydrogen-bond donors (Lipinski definition) is 2. The maximum atomic E-state index is 10.4. The Morgan fingerprint density at radius 3 is 3.00 bits per heavy atom. The minimum absolute atomic E-state index is 0.0781. The average molecular weight is 245 g/mol. The molecule has 0 aliphatic heterocycles. The first-order valence-corrected chi connectivity index (χ1v) is 5.07. The van der Waals surface area contributed by atoms with Gasteiger partial charge in [-0.3, -0.25) is 4.79 Å². The Balaban J connectivity index is 2.29. The van der Waals surface area contributed by atoms with Gasteiger partial charge in [-0.2, -0.15) is 0 Å². The summed E-state index contributed by atoms with van der Waals surface area (Å²) < 4.78 is 4.96. The number of primary amides is 1. The van der Waals surface area contributed by atoms with Gasteiger partial charge in [-0.25, -0.2) is 9.97 Å². The summed E-state index contributed by atoms with van der Waals surface area (Å²) in [5.41, 5.74) is 5.68. The summed E-state index contributed by atoms with van der Waals surface area (Å²) >= 11 is 5.68. The summed E-state index contributed by atoms with van der Waals surface area (Å²) in [5, 5.41) is 3.18. The highest BCUT2D eigenvalue weighted by Crippen LogP contribution is 2.08. The standard InChI is InChI=1S/C9H13ClN4O2/c1-6-4-8(14-9(10)13-6)12-2-3-16-5-7(11)15/h4H,2-3,5H2,1H3,(H2,11,15)(H,12,13,14). The summed E-state index contributed by atoms with van der Waals surface area (Å²) in [7, 11) is 0. The lowest BCUT2D eigenvalue weighted by atomic mass is 10.4. The van der Waals surface area contributed by atoms with Gasteiger partial charge < -0.3 is 15.8 Å². The zero-order valence-corrected chi connectivity index (χ0v) is 9.62. The largest absolute Gasteiger partial charge is 0.370 e. The van der Waals surface area contributed by atoms with Crippen LogP contribution in [-0.4, -0.2) is 35.6 Å². The quantitative estimate of drug-likeness (QED) is 0.557. The van der Waals surface area contributed by atoms with Crippen LogP contribution in [0.1, 0.15) is 5.69 Å². The van der Waals surface area contributed by atoms with E-state index >= 15 is 0 Å². The molecule has 0 fully saturated rings. The second-order valence-electron chi connectivity index (χ2n) is 3.11. The zero-order chi connectivity index (χ0) is 12.0. The molecule has 88 valence electrons. The molecule has 0 unspecified atom stereocenters. The van der Waals surface area contributed by atoms with Crippen molar-refractivity contribution in [1.29, 1.82) is 0 Å². The normalized spacial score (nSPS) is 10.1. The summed E-state index contributed by atoms with van der Waals surface area (Å²) in [4.78, 5) is 18.2. The summed E-state index contributed by atoms with van der Waals surface area (Å²) in [6.45, 7) is 2.62. The van der Waals surface area contributed by atoms with Gasteiger partial charge in [0, 0.05) is 18.3 Å². The Morgan fingerprint density at radius 1 is 1.62 bits per heavy atom. The predicted molar refractivity (Wildman–Crippen MR) is 60.3 cm³/mol. The van der Waals surface area contributed by atoms with E-state index in [1.54, 1.807) is 6.07 Å². The van der Waals surface area contributed by atoms with Crippen LogP contribution in [0.15, 0.2) is 6.07 Å². The minimum Gasteiger partial charge on any atom is -0.370 e. The molecule has 6 nitrogen and oxygen atoms in total. The third kappa shape index (κ3) is 4.90. The Kier molecular flexibility index (Phi) is 4.94. The number of nitrogens with two attached hydrogens (primary N) is 1. The highest BCUT2D eigenvalue weighted by molar-refractivity contribution is 6.28. The van der Waals surface area contributed by atoms with Crippen molar-refractivity contribution in [3.8, 4) is 0 Å². The third-order valence-electron chi connectivity index (χ3n) is 1.62. The number of aryl methyl sites for hydroxylation is 1. The van der Waals surface area contributed by atoms with Gasteiger partial charge in [0.15, 0.2) is 0 Å². The molecule has 0 bridgehead atoms. The molecular formula is C9H13ClN4O2. The number of nitrogens with one attached hydrogen (secondary N) is 1. The molecule has 1 aromatic rings. The molecule has 0 aromatic carbocycles. The van der Waals surface area contributed by atoms with Crippen LogP contribution in [0, 0.1) is 6.92 Å². The van der Waals surface area contributed by atoms with Crippen LogP contribution in [0.25, 0.3) is 0 Å². The number of carbonyl (C=O) groups excluding carboxylic acids is 1. The monoisotopic (exact) mass is 244 g/mol. The van der Waals surface area contributed by atoms with Crippen LogP contribution < -0.4 is 11.1 Å². The molecule has 1 amide bonds.